The second kappa shape index (κ2) is 6.21. The van der Waals surface area contributed by atoms with E-state index < -0.39 is 10.0 Å². The lowest BCUT2D eigenvalue weighted by molar-refractivity contribution is 0.0291. The van der Waals surface area contributed by atoms with E-state index in [0.29, 0.717) is 10.9 Å². The molecule has 0 radical (unpaired) electrons. The van der Waals surface area contributed by atoms with Crippen molar-refractivity contribution in [2.75, 3.05) is 5.23 Å². The minimum Gasteiger partial charge on any atom is -0.508 e. The zero-order valence-corrected chi connectivity index (χ0v) is 14.2. The predicted octanol–water partition coefficient (Wildman–Crippen LogP) is 2.28. The van der Waals surface area contributed by atoms with Crippen LogP contribution in [0.4, 0.5) is 5.69 Å². The number of anilines is 1. The zero-order chi connectivity index (χ0) is 18.4. The van der Waals surface area contributed by atoms with E-state index in [4.69, 9.17) is 27.7 Å². The fourth-order valence-electron chi connectivity index (χ4n) is 2.54. The first-order valence-corrected chi connectivity index (χ1v) is 8.83. The van der Waals surface area contributed by atoms with Crippen molar-refractivity contribution in [1.29, 1.82) is 0 Å². The summed E-state index contributed by atoms with van der Waals surface area (Å²) in [7, 11) is -4.10. The molecule has 3 rings (SSSR count). The quantitative estimate of drug-likeness (QED) is 0.508. The molecule has 0 atom stereocenters. The van der Waals surface area contributed by atoms with Crippen LogP contribution in [0.3, 0.4) is 0 Å². The van der Waals surface area contributed by atoms with E-state index in [1.807, 2.05) is 0 Å². The third-order valence-electron chi connectivity index (χ3n) is 3.75. The molecule has 132 valence electrons. The highest BCUT2D eigenvalue weighted by Gasteiger charge is 2.23. The van der Waals surface area contributed by atoms with Gasteiger partial charge in [-0.2, -0.15) is 0 Å². The Morgan fingerprint density at radius 1 is 1.16 bits per heavy atom. The molecule has 0 fully saturated rings. The van der Waals surface area contributed by atoms with Gasteiger partial charge in [0.25, 0.3) is 10.0 Å². The van der Waals surface area contributed by atoms with Crippen LogP contribution in [0.25, 0.3) is 10.9 Å². The molecule has 2 aromatic carbocycles. The summed E-state index contributed by atoms with van der Waals surface area (Å²) in [5.41, 5.74) is 6.22. The smallest absolute Gasteiger partial charge is 0.268 e. The highest BCUT2D eigenvalue weighted by atomic mass is 35.5. The van der Waals surface area contributed by atoms with E-state index in [-0.39, 0.29) is 38.6 Å². The molecule has 0 amide bonds. The van der Waals surface area contributed by atoms with E-state index in [1.165, 1.54) is 30.5 Å². The molecule has 0 aliphatic rings. The van der Waals surface area contributed by atoms with Crippen LogP contribution in [0.2, 0.25) is 5.02 Å². The molecule has 25 heavy (non-hydrogen) atoms. The molecule has 0 spiro atoms. The largest absolute Gasteiger partial charge is 0.508 e. The van der Waals surface area contributed by atoms with Gasteiger partial charge in [-0.1, -0.05) is 11.6 Å². The van der Waals surface area contributed by atoms with Crippen molar-refractivity contribution in [2.45, 2.75) is 11.4 Å². The van der Waals surface area contributed by atoms with Crippen LogP contribution in [-0.2, 0) is 16.6 Å². The Labute approximate surface area is 147 Å². The van der Waals surface area contributed by atoms with Crippen LogP contribution in [0, 0.1) is 0 Å². The minimum absolute atomic E-state index is 0.0402. The Balaban J connectivity index is 2.27. The molecule has 0 saturated heterocycles. The summed E-state index contributed by atoms with van der Waals surface area (Å²) in [6, 6.07) is 7.82. The fraction of sp³-hybridized carbons (Fsp3) is 0.0667. The van der Waals surface area contributed by atoms with Crippen molar-refractivity contribution in [2.24, 2.45) is 5.73 Å². The maximum Gasteiger partial charge on any atom is 0.268 e. The number of benzene rings is 2. The number of fused-ring (bicyclic) bond motifs is 1. The van der Waals surface area contributed by atoms with Crippen LogP contribution in [0.15, 0.2) is 47.5 Å². The molecule has 1 heterocycles. The summed E-state index contributed by atoms with van der Waals surface area (Å²) in [4.78, 5) is -0.219. The molecule has 1 aromatic heterocycles. The van der Waals surface area contributed by atoms with Crippen LogP contribution in [-0.4, -0.2) is 27.9 Å². The van der Waals surface area contributed by atoms with Gasteiger partial charge in [0, 0.05) is 24.2 Å². The number of aromatic nitrogens is 1. The molecular weight excluding hydrogens is 370 g/mol. The van der Waals surface area contributed by atoms with E-state index in [1.54, 1.807) is 6.07 Å². The van der Waals surface area contributed by atoms with Crippen LogP contribution in [0.5, 0.6) is 5.75 Å². The van der Waals surface area contributed by atoms with Gasteiger partial charge in [0.15, 0.2) is 0 Å². The van der Waals surface area contributed by atoms with Gasteiger partial charge in [-0.3, -0.25) is 10.4 Å². The predicted molar refractivity (Wildman–Crippen MR) is 91.6 cm³/mol. The van der Waals surface area contributed by atoms with Gasteiger partial charge in [-0.15, -0.1) is 5.23 Å². The molecule has 5 N–H and O–H groups in total. The van der Waals surface area contributed by atoms with E-state index in [9.17, 15) is 13.5 Å². The number of phenols is 1. The SMILES string of the molecule is NCc1cn(S(=O)(=O)c2ccc(Cl)c(N(O)O)c2)c2cc(O)ccc12. The first-order valence-electron chi connectivity index (χ1n) is 7.01. The van der Waals surface area contributed by atoms with Gasteiger partial charge in [0.2, 0.25) is 0 Å². The number of rotatable bonds is 4. The third-order valence-corrected chi connectivity index (χ3v) is 5.74. The Morgan fingerprint density at radius 3 is 2.52 bits per heavy atom. The molecule has 0 aliphatic carbocycles. The first kappa shape index (κ1) is 17.5. The highest BCUT2D eigenvalue weighted by Crippen LogP contribution is 2.31. The molecule has 8 nitrogen and oxygen atoms in total. The summed E-state index contributed by atoms with van der Waals surface area (Å²) in [6.45, 7) is 0.108. The highest BCUT2D eigenvalue weighted by molar-refractivity contribution is 7.90. The number of hydrogen-bond donors (Lipinski definition) is 4. The van der Waals surface area contributed by atoms with Crippen LogP contribution >= 0.6 is 11.6 Å². The van der Waals surface area contributed by atoms with E-state index in [2.05, 4.69) is 0 Å². The minimum atomic E-state index is -4.10. The monoisotopic (exact) mass is 383 g/mol. The topological polar surface area (TPSA) is 129 Å². The summed E-state index contributed by atoms with van der Waals surface area (Å²) in [5.74, 6) is -0.0979. The van der Waals surface area contributed by atoms with Crippen molar-refractivity contribution in [3.8, 4) is 5.75 Å². The van der Waals surface area contributed by atoms with Crippen molar-refractivity contribution in [3.05, 3.63) is 53.2 Å². The molecule has 0 unspecified atom stereocenters. The number of halogens is 1. The summed E-state index contributed by atoms with van der Waals surface area (Å²) in [6.07, 6.45) is 1.36. The van der Waals surface area contributed by atoms with Crippen molar-refractivity contribution < 1.29 is 23.9 Å². The Bertz CT molecular complexity index is 1060. The number of phenolic OH excluding ortho intramolecular Hbond substituents is 1. The summed E-state index contributed by atoms with van der Waals surface area (Å²) < 4.78 is 27.0. The molecule has 0 saturated carbocycles. The van der Waals surface area contributed by atoms with Gasteiger partial charge in [0.05, 0.1) is 15.4 Å². The first-order chi connectivity index (χ1) is 11.8. The number of hydrogen-bond acceptors (Lipinski definition) is 7. The fourth-order valence-corrected chi connectivity index (χ4v) is 4.13. The van der Waals surface area contributed by atoms with Gasteiger partial charge in [-0.05, 0) is 35.9 Å². The summed E-state index contributed by atoms with van der Waals surface area (Å²) in [5, 5.41) is 28.3. The molecule has 0 bridgehead atoms. The van der Waals surface area contributed by atoms with Gasteiger partial charge < -0.3 is 10.8 Å². The molecule has 3 aromatic rings. The zero-order valence-electron chi connectivity index (χ0n) is 12.7. The lowest BCUT2D eigenvalue weighted by atomic mass is 10.2. The second-order valence-electron chi connectivity index (χ2n) is 5.26. The number of nitrogens with zero attached hydrogens (tertiary/aromatic N) is 2. The van der Waals surface area contributed by atoms with Crippen molar-refractivity contribution >= 4 is 38.2 Å². The lowest BCUT2D eigenvalue weighted by Crippen LogP contribution is -2.15. The maximum absolute atomic E-state index is 13.0. The Hall–Kier alpha value is -2.30. The van der Waals surface area contributed by atoms with Crippen molar-refractivity contribution in [3.63, 3.8) is 0 Å². The Kier molecular flexibility index (Phi) is 4.35. The third kappa shape index (κ3) is 2.92. The number of nitrogens with two attached hydrogens (primary N) is 1. The summed E-state index contributed by atoms with van der Waals surface area (Å²) >= 11 is 5.82. The van der Waals surface area contributed by atoms with E-state index in [0.717, 1.165) is 10.0 Å². The van der Waals surface area contributed by atoms with Crippen LogP contribution in [0.1, 0.15) is 5.56 Å². The van der Waals surface area contributed by atoms with Gasteiger partial charge in [0.1, 0.15) is 11.4 Å². The second-order valence-corrected chi connectivity index (χ2v) is 7.49. The number of aromatic hydroxyl groups is 1. The average Bonchev–Trinajstić information content (AvgIpc) is 2.93. The molecular formula is C15H14ClN3O5S. The molecule has 10 heteroatoms. The average molecular weight is 384 g/mol. The standard InChI is InChI=1S/C15H14ClN3O5S/c16-13-4-2-11(6-15(13)19(21)22)25(23,24)18-8-9(7-17)12-3-1-10(20)5-14(12)18/h1-6,8,20-22H,7,17H2. The Morgan fingerprint density at radius 2 is 1.88 bits per heavy atom. The normalized spacial score (nSPS) is 11.8. The lowest BCUT2D eigenvalue weighted by Gasteiger charge is -2.13. The maximum atomic E-state index is 13.0. The van der Waals surface area contributed by atoms with Gasteiger partial charge in [-0.25, -0.2) is 12.4 Å². The van der Waals surface area contributed by atoms with E-state index >= 15 is 0 Å². The molecule has 0 aliphatic heterocycles. The van der Waals surface area contributed by atoms with Gasteiger partial charge >= 0.3 is 0 Å². The van der Waals surface area contributed by atoms with Crippen LogP contribution < -0.4 is 11.0 Å². The van der Waals surface area contributed by atoms with Crippen molar-refractivity contribution in [1.82, 2.24) is 3.97 Å².